The monoisotopic (exact) mass is 362 g/mol. The second-order valence-electron chi connectivity index (χ2n) is 3.26. The number of hydrogen-bond acceptors (Lipinski definition) is 3. The van der Waals surface area contributed by atoms with Crippen molar-refractivity contribution in [1.29, 1.82) is 0 Å². The number of ether oxygens (including phenoxy) is 2. The number of carbonyl (C=O) groups excluding carboxylic acids is 1. The fourth-order valence-corrected chi connectivity index (χ4v) is 2.25. The molecule has 0 spiro atoms. The third-order valence-corrected chi connectivity index (χ3v) is 3.14. The summed E-state index contributed by atoms with van der Waals surface area (Å²) < 4.78 is 11.9. The minimum absolute atomic E-state index is 0.321. The molecule has 0 heterocycles. The van der Waals surface area contributed by atoms with Crippen molar-refractivity contribution in [2.45, 2.75) is 6.92 Å². The lowest BCUT2D eigenvalue weighted by molar-refractivity contribution is -0.136. The molecule has 1 aromatic rings. The summed E-state index contributed by atoms with van der Waals surface area (Å²) in [6.45, 7) is 2.01. The molecular formula is C12H12Br2O3. The Morgan fingerprint density at radius 1 is 1.41 bits per heavy atom. The molecule has 0 aromatic heterocycles. The van der Waals surface area contributed by atoms with Crippen molar-refractivity contribution in [2.24, 2.45) is 0 Å². The van der Waals surface area contributed by atoms with Crippen LogP contribution in [-0.4, -0.2) is 19.7 Å². The average Bonchev–Trinajstić information content (AvgIpc) is 2.30. The normalized spacial score (nSPS) is 11.2. The largest absolute Gasteiger partial charge is 0.488 e. The van der Waals surface area contributed by atoms with E-state index in [1.807, 2.05) is 18.2 Å². The summed E-state index contributed by atoms with van der Waals surface area (Å²) in [6, 6.07) is 5.62. The molecule has 0 radical (unpaired) electrons. The van der Waals surface area contributed by atoms with Crippen molar-refractivity contribution in [2.75, 3.05) is 13.7 Å². The zero-order valence-electron chi connectivity index (χ0n) is 9.50. The van der Waals surface area contributed by atoms with Crippen molar-refractivity contribution in [3.63, 3.8) is 0 Å². The maximum Gasteiger partial charge on any atom is 0.333 e. The maximum absolute atomic E-state index is 11.1. The number of halogens is 2. The van der Waals surface area contributed by atoms with Gasteiger partial charge in [0.15, 0.2) is 0 Å². The summed E-state index contributed by atoms with van der Waals surface area (Å²) in [6.07, 6.45) is 1.68. The SMILES string of the molecule is COC(=O)C(C)=CCOc1ccc(Br)cc1Br. The highest BCUT2D eigenvalue weighted by molar-refractivity contribution is 9.11. The van der Waals surface area contributed by atoms with E-state index in [2.05, 4.69) is 36.6 Å². The molecular weight excluding hydrogens is 352 g/mol. The van der Waals surface area contributed by atoms with Crippen LogP contribution in [0.1, 0.15) is 6.92 Å². The summed E-state index contributed by atoms with van der Waals surface area (Å²) >= 11 is 6.75. The molecule has 0 unspecified atom stereocenters. The van der Waals surface area contributed by atoms with Gasteiger partial charge >= 0.3 is 5.97 Å². The van der Waals surface area contributed by atoms with Gasteiger partial charge in [-0.3, -0.25) is 0 Å². The second kappa shape index (κ2) is 6.81. The average molecular weight is 364 g/mol. The highest BCUT2D eigenvalue weighted by Gasteiger charge is 2.03. The van der Waals surface area contributed by atoms with Crippen LogP contribution >= 0.6 is 31.9 Å². The van der Waals surface area contributed by atoms with Gasteiger partial charge in [-0.2, -0.15) is 0 Å². The van der Waals surface area contributed by atoms with Gasteiger partial charge in [0.1, 0.15) is 12.4 Å². The first-order valence-corrected chi connectivity index (χ1v) is 6.46. The lowest BCUT2D eigenvalue weighted by Gasteiger charge is -2.06. The van der Waals surface area contributed by atoms with Gasteiger partial charge in [0, 0.05) is 10.0 Å². The number of esters is 1. The molecule has 3 nitrogen and oxygen atoms in total. The smallest absolute Gasteiger partial charge is 0.333 e. The minimum Gasteiger partial charge on any atom is -0.488 e. The standard InChI is InChI=1S/C12H12Br2O3/c1-8(12(15)16-2)5-6-17-11-4-3-9(13)7-10(11)14/h3-5,7H,6H2,1-2H3. The lowest BCUT2D eigenvalue weighted by Crippen LogP contribution is -2.04. The highest BCUT2D eigenvalue weighted by Crippen LogP contribution is 2.28. The number of methoxy groups -OCH3 is 1. The van der Waals surface area contributed by atoms with E-state index in [1.54, 1.807) is 13.0 Å². The lowest BCUT2D eigenvalue weighted by atomic mass is 10.3. The number of benzene rings is 1. The molecule has 0 N–H and O–H groups in total. The first-order chi connectivity index (χ1) is 8.04. The Hall–Kier alpha value is -0.810. The van der Waals surface area contributed by atoms with E-state index < -0.39 is 0 Å². The van der Waals surface area contributed by atoms with Crippen LogP contribution in [0.25, 0.3) is 0 Å². The highest BCUT2D eigenvalue weighted by atomic mass is 79.9. The zero-order valence-corrected chi connectivity index (χ0v) is 12.7. The van der Waals surface area contributed by atoms with Crippen molar-refractivity contribution in [3.05, 3.63) is 38.8 Å². The summed E-state index contributed by atoms with van der Waals surface area (Å²) in [5.74, 6) is 0.380. The van der Waals surface area contributed by atoms with Crippen LogP contribution in [0.2, 0.25) is 0 Å². The van der Waals surface area contributed by atoms with E-state index in [9.17, 15) is 4.79 Å². The van der Waals surface area contributed by atoms with E-state index in [-0.39, 0.29) is 5.97 Å². The van der Waals surface area contributed by atoms with E-state index in [1.165, 1.54) is 7.11 Å². The van der Waals surface area contributed by atoms with Gasteiger partial charge in [-0.15, -0.1) is 0 Å². The van der Waals surface area contributed by atoms with Gasteiger partial charge in [0.05, 0.1) is 11.6 Å². The molecule has 17 heavy (non-hydrogen) atoms. The Kier molecular flexibility index (Phi) is 5.71. The molecule has 0 saturated heterocycles. The molecule has 0 amide bonds. The Morgan fingerprint density at radius 2 is 2.12 bits per heavy atom. The maximum atomic E-state index is 11.1. The number of hydrogen-bond donors (Lipinski definition) is 0. The van der Waals surface area contributed by atoms with Gasteiger partial charge < -0.3 is 9.47 Å². The first-order valence-electron chi connectivity index (χ1n) is 4.87. The van der Waals surface area contributed by atoms with E-state index in [0.29, 0.717) is 12.2 Å². The van der Waals surface area contributed by atoms with Crippen molar-refractivity contribution in [3.8, 4) is 5.75 Å². The molecule has 0 atom stereocenters. The second-order valence-corrected chi connectivity index (χ2v) is 5.03. The van der Waals surface area contributed by atoms with Crippen LogP contribution < -0.4 is 4.74 Å². The fraction of sp³-hybridized carbons (Fsp3) is 0.250. The van der Waals surface area contributed by atoms with Crippen LogP contribution in [0.5, 0.6) is 5.75 Å². The van der Waals surface area contributed by atoms with Crippen molar-refractivity contribution < 1.29 is 14.3 Å². The molecule has 5 heteroatoms. The number of carbonyl (C=O) groups is 1. The summed E-state index contributed by atoms with van der Waals surface area (Å²) in [7, 11) is 1.35. The van der Waals surface area contributed by atoms with E-state index >= 15 is 0 Å². The summed E-state index contributed by atoms with van der Waals surface area (Å²) in [5, 5.41) is 0. The van der Waals surface area contributed by atoms with Crippen molar-refractivity contribution >= 4 is 37.8 Å². The number of rotatable bonds is 4. The quantitative estimate of drug-likeness (QED) is 0.604. The molecule has 1 aromatic carbocycles. The van der Waals surface area contributed by atoms with Gasteiger partial charge in [-0.25, -0.2) is 4.79 Å². The van der Waals surface area contributed by atoms with Crippen LogP contribution in [-0.2, 0) is 9.53 Å². The predicted molar refractivity (Wildman–Crippen MR) is 73.1 cm³/mol. The van der Waals surface area contributed by atoms with Gasteiger partial charge in [0.2, 0.25) is 0 Å². The predicted octanol–water partition coefficient (Wildman–Crippen LogP) is 3.71. The topological polar surface area (TPSA) is 35.5 Å². The Labute approximate surface area is 117 Å². The van der Waals surface area contributed by atoms with Gasteiger partial charge in [0.25, 0.3) is 0 Å². The molecule has 0 bridgehead atoms. The third-order valence-electron chi connectivity index (χ3n) is 2.03. The molecule has 0 saturated carbocycles. The van der Waals surface area contributed by atoms with Crippen LogP contribution in [0.15, 0.2) is 38.8 Å². The molecule has 0 aliphatic carbocycles. The van der Waals surface area contributed by atoms with Gasteiger partial charge in [-0.05, 0) is 47.1 Å². The van der Waals surface area contributed by atoms with Crippen molar-refractivity contribution in [1.82, 2.24) is 0 Å². The summed E-state index contributed by atoms with van der Waals surface area (Å²) in [5.41, 5.74) is 0.528. The van der Waals surface area contributed by atoms with Crippen LogP contribution in [0.4, 0.5) is 0 Å². The minimum atomic E-state index is -0.344. The Morgan fingerprint density at radius 3 is 2.71 bits per heavy atom. The van der Waals surface area contributed by atoms with Crippen LogP contribution in [0, 0.1) is 0 Å². The third kappa shape index (κ3) is 4.52. The fourth-order valence-electron chi connectivity index (χ4n) is 1.09. The van der Waals surface area contributed by atoms with Crippen LogP contribution in [0.3, 0.4) is 0 Å². The molecule has 0 aliphatic rings. The molecule has 0 fully saturated rings. The van der Waals surface area contributed by atoms with Gasteiger partial charge in [-0.1, -0.05) is 15.9 Å². The zero-order chi connectivity index (χ0) is 12.8. The first kappa shape index (κ1) is 14.3. The van der Waals surface area contributed by atoms with E-state index in [4.69, 9.17) is 4.74 Å². The molecule has 0 aliphatic heterocycles. The molecule has 1 rings (SSSR count). The summed E-state index contributed by atoms with van der Waals surface area (Å²) in [4.78, 5) is 11.1. The Bertz CT molecular complexity index is 441. The Balaban J connectivity index is 2.59. The van der Waals surface area contributed by atoms with E-state index in [0.717, 1.165) is 14.7 Å². The molecule has 92 valence electrons.